The summed E-state index contributed by atoms with van der Waals surface area (Å²) in [4.78, 5) is 24.6. The van der Waals surface area contributed by atoms with Crippen molar-refractivity contribution in [3.8, 4) is 11.6 Å². The Labute approximate surface area is 161 Å². The number of anilines is 1. The van der Waals surface area contributed by atoms with E-state index in [0.29, 0.717) is 17.8 Å². The number of amides is 1. The molecular weight excluding hydrogens is 361 g/mol. The number of carbonyl (C=O) groups is 1. The van der Waals surface area contributed by atoms with Gasteiger partial charge in [-0.1, -0.05) is 19.1 Å². The number of rotatable bonds is 6. The normalized spacial score (nSPS) is 11.7. The molecule has 7 heteroatoms. The predicted octanol–water partition coefficient (Wildman–Crippen LogP) is 3.48. The highest BCUT2D eigenvalue weighted by molar-refractivity contribution is 5.94. The van der Waals surface area contributed by atoms with Crippen LogP contribution in [0.5, 0.6) is 5.88 Å². The lowest BCUT2D eigenvalue weighted by Crippen LogP contribution is -2.33. The largest absolute Gasteiger partial charge is 0.463 e. The van der Waals surface area contributed by atoms with Crippen molar-refractivity contribution >= 4 is 11.6 Å². The highest BCUT2D eigenvalue weighted by Crippen LogP contribution is 2.14. The lowest BCUT2D eigenvalue weighted by molar-refractivity contribution is -0.123. The summed E-state index contributed by atoms with van der Waals surface area (Å²) in [5.41, 5.74) is 1.71. The lowest BCUT2D eigenvalue weighted by Gasteiger charge is -2.17. The summed E-state index contributed by atoms with van der Waals surface area (Å²) >= 11 is 0. The third kappa shape index (κ3) is 4.62. The van der Waals surface area contributed by atoms with Crippen LogP contribution in [0.2, 0.25) is 0 Å². The fourth-order valence-electron chi connectivity index (χ4n) is 2.64. The lowest BCUT2D eigenvalue weighted by atomic mass is 10.2. The molecule has 0 radical (unpaired) electrons. The molecule has 1 N–H and O–H groups in total. The summed E-state index contributed by atoms with van der Waals surface area (Å²) in [7, 11) is 0. The van der Waals surface area contributed by atoms with Crippen LogP contribution in [-0.4, -0.2) is 21.8 Å². The van der Waals surface area contributed by atoms with Gasteiger partial charge in [0.15, 0.2) is 6.10 Å². The fraction of sp³-hybridized carbons (Fsp3) is 0.190. The number of carbonyl (C=O) groups excluding carboxylic acids is 1. The van der Waals surface area contributed by atoms with Gasteiger partial charge in [-0.2, -0.15) is 4.68 Å². The number of benzene rings is 2. The molecule has 28 heavy (non-hydrogen) atoms. The van der Waals surface area contributed by atoms with Crippen LogP contribution in [0.4, 0.5) is 10.1 Å². The molecule has 1 aromatic heterocycles. The monoisotopic (exact) mass is 381 g/mol. The van der Waals surface area contributed by atoms with Crippen LogP contribution in [0.15, 0.2) is 65.5 Å². The zero-order valence-electron chi connectivity index (χ0n) is 15.6. The average Bonchev–Trinajstić information content (AvgIpc) is 2.68. The van der Waals surface area contributed by atoms with Crippen molar-refractivity contribution < 1.29 is 13.9 Å². The quantitative estimate of drug-likeness (QED) is 0.710. The van der Waals surface area contributed by atoms with Crippen molar-refractivity contribution in [2.45, 2.75) is 26.4 Å². The van der Waals surface area contributed by atoms with E-state index in [-0.39, 0.29) is 11.8 Å². The SMILES string of the molecule is CC[C@@H](Oc1ccc(=O)n(-c2ccc(F)cc2)n1)C(=O)Nc1cccc(C)c1. The third-order valence-corrected chi connectivity index (χ3v) is 4.06. The predicted molar refractivity (Wildman–Crippen MR) is 104 cm³/mol. The Balaban J connectivity index is 1.79. The van der Waals surface area contributed by atoms with Gasteiger partial charge in [0.1, 0.15) is 5.82 Å². The zero-order valence-corrected chi connectivity index (χ0v) is 15.6. The molecule has 0 aliphatic rings. The third-order valence-electron chi connectivity index (χ3n) is 4.06. The van der Waals surface area contributed by atoms with Crippen LogP contribution in [0.3, 0.4) is 0 Å². The van der Waals surface area contributed by atoms with Gasteiger partial charge in [0.25, 0.3) is 11.5 Å². The summed E-state index contributed by atoms with van der Waals surface area (Å²) in [5, 5.41) is 6.96. The Morgan fingerprint density at radius 2 is 1.93 bits per heavy atom. The second kappa shape index (κ2) is 8.47. The Hall–Kier alpha value is -3.48. The van der Waals surface area contributed by atoms with E-state index >= 15 is 0 Å². The first-order chi connectivity index (χ1) is 13.5. The van der Waals surface area contributed by atoms with Crippen LogP contribution < -0.4 is 15.6 Å². The molecule has 0 fully saturated rings. The van der Waals surface area contributed by atoms with Crippen molar-refractivity contribution in [3.05, 3.63) is 82.4 Å². The van der Waals surface area contributed by atoms with Crippen molar-refractivity contribution in [2.24, 2.45) is 0 Å². The molecule has 0 spiro atoms. The van der Waals surface area contributed by atoms with Gasteiger partial charge < -0.3 is 10.1 Å². The smallest absolute Gasteiger partial charge is 0.271 e. The minimum absolute atomic E-state index is 0.121. The summed E-state index contributed by atoms with van der Waals surface area (Å²) < 4.78 is 19.9. The van der Waals surface area contributed by atoms with E-state index in [1.165, 1.54) is 36.4 Å². The first kappa shape index (κ1) is 19.3. The van der Waals surface area contributed by atoms with Gasteiger partial charge in [0.2, 0.25) is 5.88 Å². The van der Waals surface area contributed by atoms with Crippen molar-refractivity contribution in [1.29, 1.82) is 0 Å². The molecule has 0 bridgehead atoms. The van der Waals surface area contributed by atoms with Crippen molar-refractivity contribution in [3.63, 3.8) is 0 Å². The number of aromatic nitrogens is 2. The van der Waals surface area contributed by atoms with Gasteiger partial charge >= 0.3 is 0 Å². The van der Waals surface area contributed by atoms with Crippen molar-refractivity contribution in [1.82, 2.24) is 9.78 Å². The van der Waals surface area contributed by atoms with E-state index < -0.39 is 17.5 Å². The molecule has 3 rings (SSSR count). The van der Waals surface area contributed by atoms with E-state index in [1.807, 2.05) is 32.0 Å². The molecule has 1 amide bonds. The standard InChI is InChI=1S/C21H20FN3O3/c1-3-18(21(27)23-16-6-4-5-14(2)13-16)28-19-11-12-20(26)25(24-19)17-9-7-15(22)8-10-17/h4-13,18H,3H2,1-2H3,(H,23,27)/t18-/m1/s1. The molecule has 1 atom stereocenters. The highest BCUT2D eigenvalue weighted by Gasteiger charge is 2.20. The number of nitrogens with one attached hydrogen (secondary N) is 1. The molecule has 0 aliphatic heterocycles. The van der Waals surface area contributed by atoms with Gasteiger partial charge in [0, 0.05) is 17.8 Å². The minimum atomic E-state index is -0.785. The number of ether oxygens (including phenoxy) is 1. The molecule has 1 heterocycles. The van der Waals surface area contributed by atoms with Crippen LogP contribution >= 0.6 is 0 Å². The first-order valence-corrected chi connectivity index (χ1v) is 8.87. The van der Waals surface area contributed by atoms with Gasteiger partial charge in [-0.05, 0) is 55.3 Å². The second-order valence-electron chi connectivity index (χ2n) is 6.27. The summed E-state index contributed by atoms with van der Waals surface area (Å²) in [6.45, 7) is 3.75. The zero-order chi connectivity index (χ0) is 20.1. The molecule has 0 saturated carbocycles. The van der Waals surface area contributed by atoms with Gasteiger partial charge in [-0.25, -0.2) is 4.39 Å². The Bertz CT molecular complexity index is 1030. The first-order valence-electron chi connectivity index (χ1n) is 8.87. The molecular formula is C21H20FN3O3. The number of nitrogens with zero attached hydrogens (tertiary/aromatic N) is 2. The highest BCUT2D eigenvalue weighted by atomic mass is 19.1. The van der Waals surface area contributed by atoms with Crippen molar-refractivity contribution in [2.75, 3.05) is 5.32 Å². The Kier molecular flexibility index (Phi) is 5.84. The Morgan fingerprint density at radius 1 is 1.18 bits per heavy atom. The fourth-order valence-corrected chi connectivity index (χ4v) is 2.64. The molecule has 0 saturated heterocycles. The van der Waals surface area contributed by atoms with Gasteiger partial charge in [-0.3, -0.25) is 9.59 Å². The van der Waals surface area contributed by atoms with E-state index in [1.54, 1.807) is 6.07 Å². The second-order valence-corrected chi connectivity index (χ2v) is 6.27. The molecule has 0 unspecified atom stereocenters. The maximum atomic E-state index is 13.1. The molecule has 6 nitrogen and oxygen atoms in total. The number of aryl methyl sites for hydroxylation is 1. The van der Waals surface area contributed by atoms with Gasteiger partial charge in [0.05, 0.1) is 5.69 Å². The molecule has 3 aromatic rings. The number of hydrogen-bond acceptors (Lipinski definition) is 4. The molecule has 2 aromatic carbocycles. The maximum absolute atomic E-state index is 13.1. The van der Waals surface area contributed by atoms with E-state index in [2.05, 4.69) is 10.4 Å². The molecule has 0 aliphatic carbocycles. The summed E-state index contributed by atoms with van der Waals surface area (Å²) in [5.74, 6) is -0.604. The number of halogens is 1. The van der Waals surface area contributed by atoms with Crippen LogP contribution in [0, 0.1) is 12.7 Å². The summed E-state index contributed by atoms with van der Waals surface area (Å²) in [6.07, 6.45) is -0.373. The topological polar surface area (TPSA) is 73.2 Å². The van der Waals surface area contributed by atoms with Crippen LogP contribution in [0.1, 0.15) is 18.9 Å². The minimum Gasteiger partial charge on any atom is -0.463 e. The number of hydrogen-bond donors (Lipinski definition) is 1. The van der Waals surface area contributed by atoms with Crippen LogP contribution in [-0.2, 0) is 4.79 Å². The summed E-state index contributed by atoms with van der Waals surface area (Å²) in [6, 6.07) is 15.5. The van der Waals surface area contributed by atoms with E-state index in [9.17, 15) is 14.0 Å². The van der Waals surface area contributed by atoms with Gasteiger partial charge in [-0.15, -0.1) is 5.10 Å². The molecule has 144 valence electrons. The van der Waals surface area contributed by atoms with E-state index in [0.717, 1.165) is 10.2 Å². The Morgan fingerprint density at radius 3 is 2.61 bits per heavy atom. The average molecular weight is 381 g/mol. The van der Waals surface area contributed by atoms with Crippen LogP contribution in [0.25, 0.3) is 5.69 Å². The van der Waals surface area contributed by atoms with E-state index in [4.69, 9.17) is 4.74 Å². The maximum Gasteiger partial charge on any atom is 0.271 e.